The maximum absolute atomic E-state index is 11.6. The highest BCUT2D eigenvalue weighted by atomic mass is 35.5. The molecule has 6 nitrogen and oxygen atoms in total. The highest BCUT2D eigenvalue weighted by Gasteiger charge is 2.09. The quantitative estimate of drug-likeness (QED) is 0.182. The van der Waals surface area contributed by atoms with Gasteiger partial charge in [-0.2, -0.15) is 0 Å². The lowest BCUT2D eigenvalue weighted by Crippen LogP contribution is -2.11. The summed E-state index contributed by atoms with van der Waals surface area (Å²) >= 11 is 11.3. The van der Waals surface area contributed by atoms with E-state index in [-0.39, 0.29) is 23.9 Å². The van der Waals surface area contributed by atoms with Crippen LogP contribution >= 0.6 is 23.2 Å². The van der Waals surface area contributed by atoms with Crippen molar-refractivity contribution in [2.45, 2.75) is 18.2 Å². The SMILES string of the molecule is C=CCCOC(=O)c1ccc(OC)cc1.COc1ccc(C(=O)OCCC(Cl)CCl)cc1. The Kier molecular flexibility index (Phi) is 13.7. The third-order valence-corrected chi connectivity index (χ3v) is 4.94. The van der Waals surface area contributed by atoms with E-state index in [2.05, 4.69) is 6.58 Å². The summed E-state index contributed by atoms with van der Waals surface area (Å²) in [6, 6.07) is 13.5. The summed E-state index contributed by atoms with van der Waals surface area (Å²) in [5.41, 5.74) is 1.02. The average molecular weight is 483 g/mol. The van der Waals surface area contributed by atoms with Crippen molar-refractivity contribution in [2.24, 2.45) is 0 Å². The van der Waals surface area contributed by atoms with E-state index >= 15 is 0 Å². The molecule has 2 aromatic rings. The number of ether oxygens (including phenoxy) is 4. The fraction of sp³-hybridized carbons (Fsp3) is 0.333. The van der Waals surface area contributed by atoms with Crippen LogP contribution in [0.25, 0.3) is 0 Å². The summed E-state index contributed by atoms with van der Waals surface area (Å²) in [6.45, 7) is 4.18. The third-order valence-electron chi connectivity index (χ3n) is 4.04. The number of rotatable bonds is 11. The second kappa shape index (κ2) is 16.0. The van der Waals surface area contributed by atoms with Crippen LogP contribution in [0, 0.1) is 0 Å². The normalized spacial score (nSPS) is 10.8. The number of carbonyl (C=O) groups excluding carboxylic acids is 2. The Balaban J connectivity index is 0.000000323. The van der Waals surface area contributed by atoms with Gasteiger partial charge in [0.1, 0.15) is 11.5 Å². The van der Waals surface area contributed by atoms with Crippen molar-refractivity contribution in [3.63, 3.8) is 0 Å². The average Bonchev–Trinajstić information content (AvgIpc) is 2.84. The van der Waals surface area contributed by atoms with Crippen molar-refractivity contribution in [3.05, 3.63) is 72.3 Å². The van der Waals surface area contributed by atoms with Crippen molar-refractivity contribution in [1.82, 2.24) is 0 Å². The summed E-state index contributed by atoms with van der Waals surface area (Å²) < 4.78 is 20.0. The van der Waals surface area contributed by atoms with E-state index in [4.69, 9.17) is 42.1 Å². The summed E-state index contributed by atoms with van der Waals surface area (Å²) in [5.74, 6) is 1.08. The van der Waals surface area contributed by atoms with Gasteiger partial charge in [0.25, 0.3) is 0 Å². The number of esters is 2. The monoisotopic (exact) mass is 482 g/mol. The van der Waals surface area contributed by atoms with Crippen LogP contribution in [-0.4, -0.2) is 50.6 Å². The van der Waals surface area contributed by atoms with Crippen LogP contribution in [0.1, 0.15) is 33.6 Å². The summed E-state index contributed by atoms with van der Waals surface area (Å²) in [6.07, 6.45) is 2.93. The minimum Gasteiger partial charge on any atom is -0.497 e. The van der Waals surface area contributed by atoms with E-state index in [9.17, 15) is 9.59 Å². The second-order valence-corrected chi connectivity index (χ2v) is 7.27. The molecule has 0 aliphatic carbocycles. The second-order valence-electron chi connectivity index (χ2n) is 6.35. The minimum absolute atomic E-state index is 0.166. The molecule has 0 N–H and O–H groups in total. The number of hydrogen-bond donors (Lipinski definition) is 0. The van der Waals surface area contributed by atoms with E-state index < -0.39 is 0 Å². The number of methoxy groups -OCH3 is 2. The zero-order valence-corrected chi connectivity index (χ0v) is 19.7. The predicted molar refractivity (Wildman–Crippen MR) is 126 cm³/mol. The molecular weight excluding hydrogens is 455 g/mol. The highest BCUT2D eigenvalue weighted by molar-refractivity contribution is 6.28. The molecule has 0 bridgehead atoms. The van der Waals surface area contributed by atoms with Crippen LogP contribution in [0.5, 0.6) is 11.5 Å². The topological polar surface area (TPSA) is 71.1 Å². The summed E-state index contributed by atoms with van der Waals surface area (Å²) in [5, 5.41) is -0.166. The van der Waals surface area contributed by atoms with E-state index in [1.165, 1.54) is 0 Å². The van der Waals surface area contributed by atoms with Crippen LogP contribution in [0.3, 0.4) is 0 Å². The first-order valence-corrected chi connectivity index (χ1v) is 10.9. The first-order chi connectivity index (χ1) is 15.4. The zero-order valence-electron chi connectivity index (χ0n) is 18.2. The Hall–Kier alpha value is -2.70. The molecule has 0 saturated heterocycles. The molecule has 0 heterocycles. The van der Waals surface area contributed by atoms with Crippen LogP contribution in [-0.2, 0) is 9.47 Å². The van der Waals surface area contributed by atoms with Crippen LogP contribution in [0.15, 0.2) is 61.2 Å². The van der Waals surface area contributed by atoms with Crippen molar-refractivity contribution >= 4 is 35.1 Å². The molecule has 8 heteroatoms. The lowest BCUT2D eigenvalue weighted by Gasteiger charge is -2.07. The molecule has 0 radical (unpaired) electrons. The standard InChI is InChI=1S/C12H14Cl2O3.C12H14O3/c1-16-11-4-2-9(3-5-11)12(15)17-7-6-10(14)8-13;1-3-4-9-15-12(13)10-5-7-11(14-2)8-6-10/h2-5,10H,6-8H2,1H3;3,5-8H,1,4,9H2,2H3. The van der Waals surface area contributed by atoms with Gasteiger partial charge in [-0.1, -0.05) is 6.08 Å². The largest absolute Gasteiger partial charge is 0.497 e. The highest BCUT2D eigenvalue weighted by Crippen LogP contribution is 2.13. The summed E-state index contributed by atoms with van der Waals surface area (Å²) in [7, 11) is 3.15. The van der Waals surface area contributed by atoms with Gasteiger partial charge in [-0.25, -0.2) is 9.59 Å². The van der Waals surface area contributed by atoms with Gasteiger partial charge in [-0.05, 0) is 61.4 Å². The van der Waals surface area contributed by atoms with Crippen LogP contribution < -0.4 is 9.47 Å². The predicted octanol–water partition coefficient (Wildman–Crippen LogP) is 5.52. The molecule has 1 unspecified atom stereocenters. The Morgan fingerprint density at radius 1 is 0.875 bits per heavy atom. The molecule has 2 aromatic carbocycles. The molecule has 0 aliphatic heterocycles. The van der Waals surface area contributed by atoms with E-state index in [1.807, 2.05) is 0 Å². The molecule has 1 atom stereocenters. The van der Waals surface area contributed by atoms with Crippen LogP contribution in [0.4, 0.5) is 0 Å². The number of carbonyl (C=O) groups is 2. The molecule has 0 aromatic heterocycles. The molecule has 174 valence electrons. The third kappa shape index (κ3) is 10.6. The molecule has 32 heavy (non-hydrogen) atoms. The smallest absolute Gasteiger partial charge is 0.338 e. The fourth-order valence-corrected chi connectivity index (χ4v) is 2.46. The van der Waals surface area contributed by atoms with Gasteiger partial charge >= 0.3 is 11.9 Å². The molecule has 0 fully saturated rings. The molecule has 0 saturated carbocycles. The van der Waals surface area contributed by atoms with Crippen molar-refractivity contribution in [3.8, 4) is 11.5 Å². The molecule has 2 rings (SSSR count). The van der Waals surface area contributed by atoms with E-state index in [0.29, 0.717) is 42.2 Å². The van der Waals surface area contributed by atoms with Gasteiger partial charge in [0.05, 0.1) is 43.9 Å². The van der Waals surface area contributed by atoms with Gasteiger partial charge in [-0.15, -0.1) is 29.8 Å². The summed E-state index contributed by atoms with van der Waals surface area (Å²) in [4.78, 5) is 23.0. The van der Waals surface area contributed by atoms with Gasteiger partial charge in [-0.3, -0.25) is 0 Å². The maximum Gasteiger partial charge on any atom is 0.338 e. The Morgan fingerprint density at radius 3 is 1.69 bits per heavy atom. The Morgan fingerprint density at radius 2 is 1.31 bits per heavy atom. The maximum atomic E-state index is 11.6. The number of hydrogen-bond acceptors (Lipinski definition) is 6. The molecule has 0 amide bonds. The molecule has 0 aliphatic rings. The van der Waals surface area contributed by atoms with Gasteiger partial charge < -0.3 is 18.9 Å². The Labute approximate surface area is 199 Å². The van der Waals surface area contributed by atoms with Gasteiger partial charge in [0.2, 0.25) is 0 Å². The van der Waals surface area contributed by atoms with E-state index in [0.717, 1.165) is 5.75 Å². The van der Waals surface area contributed by atoms with Gasteiger partial charge in [0.15, 0.2) is 0 Å². The fourth-order valence-electron chi connectivity index (χ4n) is 2.21. The van der Waals surface area contributed by atoms with E-state index in [1.54, 1.807) is 68.8 Å². The lowest BCUT2D eigenvalue weighted by atomic mass is 10.2. The van der Waals surface area contributed by atoms with Crippen molar-refractivity contribution < 1.29 is 28.5 Å². The molecule has 0 spiro atoms. The molecular formula is C24H28Cl2O6. The number of benzene rings is 2. The number of halogens is 2. The first kappa shape index (κ1) is 27.3. The van der Waals surface area contributed by atoms with Gasteiger partial charge in [0, 0.05) is 5.88 Å². The Bertz CT molecular complexity index is 821. The first-order valence-electron chi connectivity index (χ1n) is 9.88. The number of alkyl halides is 2. The zero-order chi connectivity index (χ0) is 23.8. The lowest BCUT2D eigenvalue weighted by molar-refractivity contribution is 0.0495. The van der Waals surface area contributed by atoms with Crippen LogP contribution in [0.2, 0.25) is 0 Å². The minimum atomic E-state index is -0.369. The van der Waals surface area contributed by atoms with Crippen molar-refractivity contribution in [2.75, 3.05) is 33.3 Å². The van der Waals surface area contributed by atoms with Crippen molar-refractivity contribution in [1.29, 1.82) is 0 Å².